The van der Waals surface area contributed by atoms with Gasteiger partial charge in [-0.2, -0.15) is 0 Å². The molecule has 2 aromatic carbocycles. The summed E-state index contributed by atoms with van der Waals surface area (Å²) >= 11 is 7.06. The molecule has 4 aromatic rings. The highest BCUT2D eigenvalue weighted by Gasteiger charge is 2.57. The van der Waals surface area contributed by atoms with E-state index in [9.17, 15) is 24.3 Å². The highest BCUT2D eigenvalue weighted by Crippen LogP contribution is 2.63. The maximum absolute atomic E-state index is 13.8. The second-order valence-electron chi connectivity index (χ2n) is 18.1. The van der Waals surface area contributed by atoms with Crippen LogP contribution in [0, 0.1) is 17.8 Å². The summed E-state index contributed by atoms with van der Waals surface area (Å²) in [6.07, 6.45) is 8.65. The van der Waals surface area contributed by atoms with Crippen molar-refractivity contribution in [2.75, 3.05) is 43.4 Å². The molecule has 0 atom stereocenters. The van der Waals surface area contributed by atoms with Crippen LogP contribution in [0.4, 0.5) is 16.2 Å². The fourth-order valence-corrected chi connectivity index (χ4v) is 11.4. The second-order valence-corrected chi connectivity index (χ2v) is 18.5. The first-order valence-electron chi connectivity index (χ1n) is 21.6. The van der Waals surface area contributed by atoms with Crippen molar-refractivity contribution in [3.8, 4) is 11.1 Å². The van der Waals surface area contributed by atoms with Crippen LogP contribution in [0.1, 0.15) is 101 Å². The molecule has 3 fully saturated rings. The molecule has 0 radical (unpaired) electrons. The predicted octanol–water partition coefficient (Wildman–Crippen LogP) is 5.97. The lowest BCUT2D eigenvalue weighted by atomic mass is 9.80. The van der Waals surface area contributed by atoms with Crippen molar-refractivity contribution >= 4 is 46.8 Å². The van der Waals surface area contributed by atoms with E-state index >= 15 is 0 Å². The quantitative estimate of drug-likeness (QED) is 0.149. The number of rotatable bonds is 10. The summed E-state index contributed by atoms with van der Waals surface area (Å²) in [6.45, 7) is 7.16. The number of anilines is 2. The number of urea groups is 1. The third-order valence-electron chi connectivity index (χ3n) is 14.8. The summed E-state index contributed by atoms with van der Waals surface area (Å²) in [6, 6.07) is 11.2. The zero-order valence-corrected chi connectivity index (χ0v) is 36.0. The molecule has 322 valence electrons. The summed E-state index contributed by atoms with van der Waals surface area (Å²) in [5.74, 6) is -0.619. The van der Waals surface area contributed by atoms with Crippen LogP contribution in [0.3, 0.4) is 0 Å². The fourth-order valence-electron chi connectivity index (χ4n) is 11.1. The molecule has 0 spiro atoms. The molecule has 2 aromatic heterocycles. The summed E-state index contributed by atoms with van der Waals surface area (Å²) in [5.41, 5.74) is 12.4. The smallest absolute Gasteiger partial charge is 0.314 e. The zero-order valence-electron chi connectivity index (χ0n) is 35.2. The number of amides is 4. The van der Waals surface area contributed by atoms with Gasteiger partial charge in [0, 0.05) is 94.9 Å². The molecule has 5 aliphatic rings. The average molecular weight is 851 g/mol. The number of benzene rings is 2. The van der Waals surface area contributed by atoms with Crippen LogP contribution in [0.25, 0.3) is 11.1 Å². The van der Waals surface area contributed by atoms with Gasteiger partial charge in [0.1, 0.15) is 0 Å². The number of carboxylic acids is 1. The largest absolute Gasteiger partial charge is 0.481 e. The number of hydrogen-bond acceptors (Lipinski definition) is 8. The number of carbonyl (C=O) groups is 4. The third-order valence-corrected chi connectivity index (χ3v) is 15.2. The summed E-state index contributed by atoms with van der Waals surface area (Å²) in [4.78, 5) is 67.4. The van der Waals surface area contributed by atoms with Crippen molar-refractivity contribution in [2.45, 2.75) is 90.3 Å². The van der Waals surface area contributed by atoms with E-state index in [2.05, 4.69) is 20.4 Å². The molecule has 2 bridgehead atoms. The molecule has 16 heteroatoms. The van der Waals surface area contributed by atoms with Crippen LogP contribution in [-0.2, 0) is 44.8 Å². The molecule has 5 heterocycles. The highest BCUT2D eigenvalue weighted by atomic mass is 35.5. The first kappa shape index (κ1) is 41.1. The number of imidazole rings is 2. The minimum Gasteiger partial charge on any atom is -0.481 e. The van der Waals surface area contributed by atoms with Crippen molar-refractivity contribution in [3.05, 3.63) is 81.4 Å². The number of aromatic nitrogens is 4. The minimum absolute atomic E-state index is 0.133. The molecule has 9 rings (SSSR count). The van der Waals surface area contributed by atoms with E-state index in [-0.39, 0.29) is 23.3 Å². The Labute approximate surface area is 360 Å². The van der Waals surface area contributed by atoms with E-state index < -0.39 is 11.4 Å². The number of likely N-dealkylation sites (tertiary alicyclic amines) is 1. The van der Waals surface area contributed by atoms with E-state index in [1.807, 2.05) is 60.5 Å². The number of fused-ring (bicyclic) bond motifs is 4. The summed E-state index contributed by atoms with van der Waals surface area (Å²) in [5, 5.41) is 16.3. The third kappa shape index (κ3) is 7.48. The lowest BCUT2D eigenvalue weighted by Gasteiger charge is -2.39. The summed E-state index contributed by atoms with van der Waals surface area (Å²) in [7, 11) is 3.77. The molecule has 2 saturated carbocycles. The molecule has 61 heavy (non-hydrogen) atoms. The molecule has 15 nitrogen and oxygen atoms in total. The van der Waals surface area contributed by atoms with Gasteiger partial charge in [0.2, 0.25) is 0 Å². The standard InChI is InChI=1S/C45H55ClN10O5/c1-27-29(6-4-8-31(27)50-40(57)38-49-34-25-56(22-13-36(34)53(38)3)28-10-20-55(21-11-28)43(47)61)30-7-5-9-32(37(30)46)51-41(58)39-48-33-24-54(19-12-35(33)52(39)2)23-18-44-14-16-45(26-44,17-15-44)42(59)60/h4-9,28H,10-26H2,1-3H3,(H2,47,61)(H,50,57)(H,51,58)(H,59,60). The molecule has 0 unspecified atom stereocenters. The van der Waals surface area contributed by atoms with Gasteiger partial charge in [0.25, 0.3) is 11.8 Å². The number of halogens is 1. The Kier molecular flexibility index (Phi) is 10.7. The Morgan fingerprint density at radius 1 is 0.820 bits per heavy atom. The van der Waals surface area contributed by atoms with Gasteiger partial charge in [-0.3, -0.25) is 24.2 Å². The number of aliphatic carboxylic acids is 1. The van der Waals surface area contributed by atoms with E-state index in [1.165, 1.54) is 0 Å². The maximum Gasteiger partial charge on any atom is 0.314 e. The number of piperidine rings is 1. The number of carboxylic acid groups (broad SMARTS) is 1. The number of primary amides is 1. The Hall–Kier alpha value is -5.25. The van der Waals surface area contributed by atoms with Crippen molar-refractivity contribution < 1.29 is 24.3 Å². The van der Waals surface area contributed by atoms with Crippen molar-refractivity contribution in [1.82, 2.24) is 33.8 Å². The molecular formula is C45H55ClN10O5. The van der Waals surface area contributed by atoms with Gasteiger partial charge in [0.15, 0.2) is 11.6 Å². The van der Waals surface area contributed by atoms with Gasteiger partial charge in [-0.25, -0.2) is 14.8 Å². The van der Waals surface area contributed by atoms with E-state index in [0.717, 1.165) is 118 Å². The number of carbonyl (C=O) groups excluding carboxylic acids is 3. The van der Waals surface area contributed by atoms with Gasteiger partial charge in [-0.05, 0) is 93.5 Å². The van der Waals surface area contributed by atoms with Crippen molar-refractivity contribution in [1.29, 1.82) is 0 Å². The second kappa shape index (κ2) is 15.9. The van der Waals surface area contributed by atoms with Gasteiger partial charge in [-0.1, -0.05) is 35.9 Å². The van der Waals surface area contributed by atoms with Crippen LogP contribution in [0.2, 0.25) is 5.02 Å². The van der Waals surface area contributed by atoms with Crippen molar-refractivity contribution in [2.24, 2.45) is 30.7 Å². The molecule has 3 aliphatic heterocycles. The topological polar surface area (TPSA) is 184 Å². The Balaban J connectivity index is 0.850. The first-order valence-corrected chi connectivity index (χ1v) is 22.0. The van der Waals surface area contributed by atoms with Gasteiger partial charge in [0.05, 0.1) is 27.5 Å². The Morgan fingerprint density at radius 2 is 1.41 bits per heavy atom. The van der Waals surface area contributed by atoms with Gasteiger partial charge >= 0.3 is 12.0 Å². The van der Waals surface area contributed by atoms with Gasteiger partial charge in [-0.15, -0.1) is 0 Å². The highest BCUT2D eigenvalue weighted by molar-refractivity contribution is 6.36. The molecular weight excluding hydrogens is 796 g/mol. The summed E-state index contributed by atoms with van der Waals surface area (Å²) < 4.78 is 3.78. The number of nitrogens with one attached hydrogen (secondary N) is 2. The SMILES string of the molecule is Cc1c(NC(=O)c2nc3c(n2C)CCN(C2CCN(C(N)=O)CC2)C3)cccc1-c1cccc(NC(=O)c2nc3c(n2C)CCN(CCC24CCC(C(=O)O)(CC2)C4)C3)c1Cl. The van der Waals surface area contributed by atoms with E-state index in [1.54, 1.807) is 11.0 Å². The average Bonchev–Trinajstić information content (AvgIpc) is 4.02. The van der Waals surface area contributed by atoms with Crippen LogP contribution in [-0.4, -0.2) is 101 Å². The zero-order chi connectivity index (χ0) is 42.8. The fraction of sp³-hybridized carbons (Fsp3) is 0.511. The molecule has 4 amide bonds. The first-order chi connectivity index (χ1) is 29.2. The molecule has 2 aliphatic carbocycles. The van der Waals surface area contributed by atoms with Crippen LogP contribution < -0.4 is 16.4 Å². The van der Waals surface area contributed by atoms with E-state index in [4.69, 9.17) is 27.3 Å². The van der Waals surface area contributed by atoms with Crippen LogP contribution in [0.5, 0.6) is 0 Å². The normalized spacial score (nSPS) is 22.9. The minimum atomic E-state index is -0.627. The number of nitrogens with two attached hydrogens (primary N) is 1. The lowest BCUT2D eigenvalue weighted by Crippen LogP contribution is -2.49. The maximum atomic E-state index is 13.8. The number of hydrogen-bond donors (Lipinski definition) is 4. The van der Waals surface area contributed by atoms with Crippen LogP contribution >= 0.6 is 11.6 Å². The lowest BCUT2D eigenvalue weighted by molar-refractivity contribution is -0.148. The monoisotopic (exact) mass is 850 g/mol. The Morgan fingerprint density at radius 3 is 2.03 bits per heavy atom. The predicted molar refractivity (Wildman–Crippen MR) is 231 cm³/mol. The van der Waals surface area contributed by atoms with Crippen LogP contribution in [0.15, 0.2) is 36.4 Å². The Bertz CT molecular complexity index is 2420. The molecule has 5 N–H and O–H groups in total. The van der Waals surface area contributed by atoms with Gasteiger partial charge < -0.3 is 35.5 Å². The number of nitrogens with zero attached hydrogens (tertiary/aromatic N) is 7. The van der Waals surface area contributed by atoms with Crippen molar-refractivity contribution in [3.63, 3.8) is 0 Å². The molecule has 1 saturated heterocycles. The van der Waals surface area contributed by atoms with E-state index in [0.29, 0.717) is 65.8 Å².